The van der Waals surface area contributed by atoms with E-state index < -0.39 is 15.8 Å². The van der Waals surface area contributed by atoms with E-state index in [1.165, 1.54) is 0 Å². The molecule has 1 atom stereocenters. The van der Waals surface area contributed by atoms with Crippen LogP contribution in [0.1, 0.15) is 16.8 Å². The Morgan fingerprint density at radius 1 is 1.41 bits per heavy atom. The van der Waals surface area contributed by atoms with Gasteiger partial charge in [-0.1, -0.05) is 0 Å². The maximum absolute atomic E-state index is 12.1. The van der Waals surface area contributed by atoms with Gasteiger partial charge in [0.1, 0.15) is 0 Å². The van der Waals surface area contributed by atoms with Crippen LogP contribution in [0.5, 0.6) is 0 Å². The molecule has 17 heavy (non-hydrogen) atoms. The molecule has 2 N–H and O–H groups in total. The van der Waals surface area contributed by atoms with Gasteiger partial charge in [0.15, 0.2) is 15.6 Å². The second-order valence-corrected chi connectivity index (χ2v) is 7.29. The summed E-state index contributed by atoms with van der Waals surface area (Å²) in [7, 11) is -3.03. The van der Waals surface area contributed by atoms with E-state index >= 15 is 0 Å². The predicted molar refractivity (Wildman–Crippen MR) is 69.6 cm³/mol. The first-order valence-electron chi connectivity index (χ1n) is 5.19. The van der Waals surface area contributed by atoms with Crippen LogP contribution in [-0.2, 0) is 9.84 Å². The maximum Gasteiger partial charge on any atom is 0.168 e. The maximum atomic E-state index is 12.1. The van der Waals surface area contributed by atoms with Crippen molar-refractivity contribution in [3.8, 4) is 0 Å². The van der Waals surface area contributed by atoms with Crippen molar-refractivity contribution < 1.29 is 13.2 Å². The number of anilines is 1. The summed E-state index contributed by atoms with van der Waals surface area (Å²) in [6.45, 7) is 0. The van der Waals surface area contributed by atoms with E-state index in [1.807, 2.05) is 0 Å². The molecule has 1 saturated heterocycles. The Morgan fingerprint density at radius 2 is 2.12 bits per heavy atom. The highest BCUT2D eigenvalue weighted by atomic mass is 79.9. The van der Waals surface area contributed by atoms with Gasteiger partial charge in [0.05, 0.1) is 11.5 Å². The minimum absolute atomic E-state index is 0.0390. The standard InChI is InChI=1S/C11H12BrNO3S/c12-10-5-8(13)1-2-9(10)11(14)7-3-4-17(15,16)6-7/h1-2,5,7H,3-4,6,13H2. The summed E-state index contributed by atoms with van der Waals surface area (Å²) in [6, 6.07) is 4.92. The van der Waals surface area contributed by atoms with Gasteiger partial charge in [0.25, 0.3) is 0 Å². The molecule has 1 aliphatic heterocycles. The second-order valence-electron chi connectivity index (χ2n) is 4.20. The molecule has 2 rings (SSSR count). The molecule has 0 amide bonds. The van der Waals surface area contributed by atoms with Gasteiger partial charge < -0.3 is 5.73 Å². The molecule has 4 nitrogen and oxygen atoms in total. The van der Waals surface area contributed by atoms with Crippen molar-refractivity contribution in [3.63, 3.8) is 0 Å². The lowest BCUT2D eigenvalue weighted by molar-refractivity contribution is 0.0932. The Balaban J connectivity index is 2.27. The number of rotatable bonds is 2. The average molecular weight is 318 g/mol. The molecule has 1 unspecified atom stereocenters. The first-order valence-corrected chi connectivity index (χ1v) is 7.80. The third-order valence-electron chi connectivity index (χ3n) is 2.86. The van der Waals surface area contributed by atoms with E-state index in [0.717, 1.165) is 0 Å². The fourth-order valence-corrected chi connectivity index (χ4v) is 4.29. The van der Waals surface area contributed by atoms with Crippen LogP contribution in [0.25, 0.3) is 0 Å². The van der Waals surface area contributed by atoms with Crippen LogP contribution in [-0.4, -0.2) is 25.7 Å². The Labute approximate surface area is 108 Å². The van der Waals surface area contributed by atoms with Crippen molar-refractivity contribution >= 4 is 37.2 Å². The molecule has 1 fully saturated rings. The summed E-state index contributed by atoms with van der Waals surface area (Å²) in [5.41, 5.74) is 6.65. The van der Waals surface area contributed by atoms with Crippen molar-refractivity contribution in [2.24, 2.45) is 5.92 Å². The number of carbonyl (C=O) groups is 1. The smallest absolute Gasteiger partial charge is 0.168 e. The fourth-order valence-electron chi connectivity index (χ4n) is 1.95. The molecule has 0 saturated carbocycles. The SMILES string of the molecule is Nc1ccc(C(=O)C2CCS(=O)(=O)C2)c(Br)c1. The highest BCUT2D eigenvalue weighted by Crippen LogP contribution is 2.27. The minimum atomic E-state index is -3.03. The minimum Gasteiger partial charge on any atom is -0.399 e. The summed E-state index contributed by atoms with van der Waals surface area (Å²) in [5.74, 6) is -0.476. The molecule has 1 aliphatic rings. The zero-order valence-electron chi connectivity index (χ0n) is 9.02. The normalized spacial score (nSPS) is 22.5. The van der Waals surface area contributed by atoms with Gasteiger partial charge in [-0.25, -0.2) is 8.42 Å². The number of nitrogen functional groups attached to an aromatic ring is 1. The molecule has 92 valence electrons. The lowest BCUT2D eigenvalue weighted by Gasteiger charge is -2.09. The van der Waals surface area contributed by atoms with Gasteiger partial charge in [-0.15, -0.1) is 0 Å². The number of halogens is 1. The molecule has 1 aromatic carbocycles. The predicted octanol–water partition coefficient (Wildman–Crippen LogP) is 1.65. The monoisotopic (exact) mass is 317 g/mol. The highest BCUT2D eigenvalue weighted by Gasteiger charge is 2.33. The highest BCUT2D eigenvalue weighted by molar-refractivity contribution is 9.10. The lowest BCUT2D eigenvalue weighted by atomic mass is 9.97. The zero-order chi connectivity index (χ0) is 12.6. The van der Waals surface area contributed by atoms with Crippen LogP contribution in [0.4, 0.5) is 5.69 Å². The Morgan fingerprint density at radius 3 is 2.65 bits per heavy atom. The van der Waals surface area contributed by atoms with Crippen molar-refractivity contribution in [1.29, 1.82) is 0 Å². The van der Waals surface area contributed by atoms with Gasteiger partial charge >= 0.3 is 0 Å². The summed E-state index contributed by atoms with van der Waals surface area (Å²) >= 11 is 3.27. The van der Waals surface area contributed by atoms with Crippen molar-refractivity contribution in [3.05, 3.63) is 28.2 Å². The van der Waals surface area contributed by atoms with Gasteiger partial charge in [-0.2, -0.15) is 0 Å². The van der Waals surface area contributed by atoms with Crippen molar-refractivity contribution in [2.45, 2.75) is 6.42 Å². The van der Waals surface area contributed by atoms with Crippen LogP contribution in [0.3, 0.4) is 0 Å². The summed E-state index contributed by atoms with van der Waals surface area (Å²) in [6.07, 6.45) is 0.415. The number of Topliss-reactive ketones (excluding diaryl/α,β-unsaturated/α-hetero) is 1. The Bertz CT molecular complexity index is 568. The van der Waals surface area contributed by atoms with E-state index in [4.69, 9.17) is 5.73 Å². The van der Waals surface area contributed by atoms with Crippen LogP contribution < -0.4 is 5.73 Å². The fraction of sp³-hybridized carbons (Fsp3) is 0.364. The van der Waals surface area contributed by atoms with E-state index in [1.54, 1.807) is 18.2 Å². The molecule has 0 radical (unpaired) electrons. The van der Waals surface area contributed by atoms with Crippen molar-refractivity contribution in [2.75, 3.05) is 17.2 Å². The summed E-state index contributed by atoms with van der Waals surface area (Å²) in [5, 5.41) is 0. The van der Waals surface area contributed by atoms with Crippen LogP contribution >= 0.6 is 15.9 Å². The van der Waals surface area contributed by atoms with Gasteiger partial charge in [0, 0.05) is 21.6 Å². The van der Waals surface area contributed by atoms with Crippen molar-refractivity contribution in [1.82, 2.24) is 0 Å². The molecule has 0 bridgehead atoms. The molecule has 0 aromatic heterocycles. The number of carbonyl (C=O) groups excluding carboxylic acids is 1. The van der Waals surface area contributed by atoms with Gasteiger partial charge in [0.2, 0.25) is 0 Å². The van der Waals surface area contributed by atoms with Crippen LogP contribution in [0.15, 0.2) is 22.7 Å². The number of nitrogens with two attached hydrogens (primary N) is 1. The van der Waals surface area contributed by atoms with Gasteiger partial charge in [-0.3, -0.25) is 4.79 Å². The first kappa shape index (κ1) is 12.6. The van der Waals surface area contributed by atoms with Crippen LogP contribution in [0.2, 0.25) is 0 Å². The summed E-state index contributed by atoms with van der Waals surface area (Å²) < 4.78 is 23.3. The van der Waals surface area contributed by atoms with E-state index in [0.29, 0.717) is 22.1 Å². The molecule has 6 heteroatoms. The Kier molecular flexibility index (Phi) is 3.27. The van der Waals surface area contributed by atoms with Gasteiger partial charge in [-0.05, 0) is 40.5 Å². The second kappa shape index (κ2) is 4.42. The number of hydrogen-bond donors (Lipinski definition) is 1. The average Bonchev–Trinajstić information content (AvgIpc) is 2.58. The molecule has 1 heterocycles. The first-order chi connectivity index (χ1) is 7.89. The topological polar surface area (TPSA) is 77.2 Å². The zero-order valence-corrected chi connectivity index (χ0v) is 11.4. The van der Waals surface area contributed by atoms with Crippen LogP contribution in [0, 0.1) is 5.92 Å². The summed E-state index contributed by atoms with van der Waals surface area (Å²) in [4.78, 5) is 12.1. The number of ketones is 1. The Hall–Kier alpha value is -0.880. The number of benzene rings is 1. The molecule has 0 aliphatic carbocycles. The largest absolute Gasteiger partial charge is 0.399 e. The van der Waals surface area contributed by atoms with E-state index in [2.05, 4.69) is 15.9 Å². The number of sulfone groups is 1. The quantitative estimate of drug-likeness (QED) is 0.664. The molecular weight excluding hydrogens is 306 g/mol. The molecule has 0 spiro atoms. The number of hydrogen-bond acceptors (Lipinski definition) is 4. The third-order valence-corrected chi connectivity index (χ3v) is 5.29. The lowest BCUT2D eigenvalue weighted by Crippen LogP contribution is -2.16. The molecule has 1 aromatic rings. The third kappa shape index (κ3) is 2.69. The van der Waals surface area contributed by atoms with E-state index in [-0.39, 0.29) is 17.3 Å². The molecular formula is C11H12BrNO3S. The van der Waals surface area contributed by atoms with E-state index in [9.17, 15) is 13.2 Å².